The molecular formula is C16H29N3. The SMILES string of the molecule is CCc1c(C)nn(C2CCC2CNC(C)(C)C)c1C. The summed E-state index contributed by atoms with van der Waals surface area (Å²) in [6.45, 7) is 14.4. The lowest BCUT2D eigenvalue weighted by molar-refractivity contribution is 0.150. The molecule has 2 atom stereocenters. The smallest absolute Gasteiger partial charge is 0.0628 e. The normalized spacial score (nSPS) is 23.5. The topological polar surface area (TPSA) is 29.9 Å². The van der Waals surface area contributed by atoms with Gasteiger partial charge in [-0.25, -0.2) is 0 Å². The van der Waals surface area contributed by atoms with Gasteiger partial charge < -0.3 is 5.32 Å². The van der Waals surface area contributed by atoms with Crippen molar-refractivity contribution in [2.75, 3.05) is 6.54 Å². The Hall–Kier alpha value is -0.830. The molecule has 0 spiro atoms. The Bertz CT molecular complexity index is 440. The third-order valence-electron chi connectivity index (χ3n) is 4.41. The van der Waals surface area contributed by atoms with Crippen molar-refractivity contribution in [2.45, 2.75) is 72.4 Å². The van der Waals surface area contributed by atoms with Crippen LogP contribution in [0.5, 0.6) is 0 Å². The summed E-state index contributed by atoms with van der Waals surface area (Å²) in [4.78, 5) is 0. The van der Waals surface area contributed by atoms with Crippen molar-refractivity contribution in [2.24, 2.45) is 5.92 Å². The summed E-state index contributed by atoms with van der Waals surface area (Å²) < 4.78 is 2.30. The number of aromatic nitrogens is 2. The molecule has 19 heavy (non-hydrogen) atoms. The molecule has 2 rings (SSSR count). The van der Waals surface area contributed by atoms with Gasteiger partial charge in [0.15, 0.2) is 0 Å². The molecule has 0 aromatic carbocycles. The van der Waals surface area contributed by atoms with Crippen LogP contribution in [0.15, 0.2) is 0 Å². The fourth-order valence-electron chi connectivity index (χ4n) is 3.08. The van der Waals surface area contributed by atoms with E-state index in [0.717, 1.165) is 18.9 Å². The molecule has 1 N–H and O–H groups in total. The highest BCUT2D eigenvalue weighted by Gasteiger charge is 2.34. The van der Waals surface area contributed by atoms with Crippen LogP contribution in [0.4, 0.5) is 0 Å². The van der Waals surface area contributed by atoms with Gasteiger partial charge in [-0.15, -0.1) is 0 Å². The lowest BCUT2D eigenvalue weighted by atomic mass is 9.79. The maximum atomic E-state index is 4.79. The first-order chi connectivity index (χ1) is 8.83. The summed E-state index contributed by atoms with van der Waals surface area (Å²) in [6.07, 6.45) is 3.70. The summed E-state index contributed by atoms with van der Waals surface area (Å²) in [5.74, 6) is 0.738. The van der Waals surface area contributed by atoms with E-state index in [-0.39, 0.29) is 5.54 Å². The lowest BCUT2D eigenvalue weighted by Crippen LogP contribution is -2.44. The van der Waals surface area contributed by atoms with Crippen LogP contribution in [0.25, 0.3) is 0 Å². The molecule has 1 heterocycles. The van der Waals surface area contributed by atoms with Gasteiger partial charge in [-0.2, -0.15) is 5.10 Å². The summed E-state index contributed by atoms with van der Waals surface area (Å²) in [6, 6.07) is 0.605. The molecule has 3 nitrogen and oxygen atoms in total. The van der Waals surface area contributed by atoms with E-state index < -0.39 is 0 Å². The number of nitrogens with one attached hydrogen (secondary N) is 1. The maximum absolute atomic E-state index is 4.79. The Morgan fingerprint density at radius 1 is 1.26 bits per heavy atom. The van der Waals surface area contributed by atoms with Crippen LogP contribution >= 0.6 is 0 Å². The van der Waals surface area contributed by atoms with E-state index >= 15 is 0 Å². The Kier molecular flexibility index (Phi) is 4.05. The molecule has 1 aromatic rings. The van der Waals surface area contributed by atoms with Gasteiger partial charge in [0.25, 0.3) is 0 Å². The monoisotopic (exact) mass is 263 g/mol. The molecular weight excluding hydrogens is 234 g/mol. The summed E-state index contributed by atoms with van der Waals surface area (Å²) in [5, 5.41) is 8.42. The Morgan fingerprint density at radius 2 is 1.95 bits per heavy atom. The Morgan fingerprint density at radius 3 is 2.37 bits per heavy atom. The lowest BCUT2D eigenvalue weighted by Gasteiger charge is -2.39. The van der Waals surface area contributed by atoms with E-state index in [1.807, 2.05) is 0 Å². The molecule has 3 heteroatoms. The van der Waals surface area contributed by atoms with Crippen molar-refractivity contribution in [3.8, 4) is 0 Å². The minimum Gasteiger partial charge on any atom is -0.312 e. The van der Waals surface area contributed by atoms with Crippen molar-refractivity contribution in [3.05, 3.63) is 17.0 Å². The minimum absolute atomic E-state index is 0.212. The molecule has 0 saturated heterocycles. The van der Waals surface area contributed by atoms with Crippen LogP contribution in [0, 0.1) is 19.8 Å². The average Bonchev–Trinajstić information content (AvgIpc) is 2.51. The Balaban J connectivity index is 2.06. The second-order valence-corrected chi connectivity index (χ2v) is 6.98. The molecule has 1 aromatic heterocycles. The molecule has 0 bridgehead atoms. The first-order valence-electron chi connectivity index (χ1n) is 7.63. The number of rotatable bonds is 4. The molecule has 1 aliphatic carbocycles. The van der Waals surface area contributed by atoms with Crippen LogP contribution in [0.3, 0.4) is 0 Å². The van der Waals surface area contributed by atoms with E-state index in [4.69, 9.17) is 5.10 Å². The second kappa shape index (κ2) is 5.28. The molecule has 0 amide bonds. The van der Waals surface area contributed by atoms with Crippen LogP contribution in [0.2, 0.25) is 0 Å². The van der Waals surface area contributed by atoms with Crippen molar-refractivity contribution in [1.82, 2.24) is 15.1 Å². The second-order valence-electron chi connectivity index (χ2n) is 6.98. The zero-order valence-electron chi connectivity index (χ0n) is 13.4. The third kappa shape index (κ3) is 3.02. The average molecular weight is 263 g/mol. The van der Waals surface area contributed by atoms with E-state index in [9.17, 15) is 0 Å². The van der Waals surface area contributed by atoms with Crippen molar-refractivity contribution in [1.29, 1.82) is 0 Å². The van der Waals surface area contributed by atoms with Gasteiger partial charge in [-0.1, -0.05) is 6.92 Å². The highest BCUT2D eigenvalue weighted by molar-refractivity contribution is 5.25. The van der Waals surface area contributed by atoms with Gasteiger partial charge in [0.1, 0.15) is 0 Å². The molecule has 2 unspecified atom stereocenters. The van der Waals surface area contributed by atoms with Gasteiger partial charge in [-0.05, 0) is 65.4 Å². The summed E-state index contributed by atoms with van der Waals surface area (Å²) >= 11 is 0. The summed E-state index contributed by atoms with van der Waals surface area (Å²) in [7, 11) is 0. The van der Waals surface area contributed by atoms with Gasteiger partial charge in [0.05, 0.1) is 11.7 Å². The van der Waals surface area contributed by atoms with E-state index in [1.54, 1.807) is 0 Å². The van der Waals surface area contributed by atoms with E-state index in [1.165, 1.54) is 29.8 Å². The molecule has 1 saturated carbocycles. The van der Waals surface area contributed by atoms with Crippen LogP contribution in [0.1, 0.15) is 63.5 Å². The zero-order chi connectivity index (χ0) is 14.2. The highest BCUT2D eigenvalue weighted by atomic mass is 15.3. The van der Waals surface area contributed by atoms with Crippen molar-refractivity contribution >= 4 is 0 Å². The van der Waals surface area contributed by atoms with Crippen LogP contribution in [-0.2, 0) is 6.42 Å². The first-order valence-corrected chi connectivity index (χ1v) is 7.63. The van der Waals surface area contributed by atoms with Crippen molar-refractivity contribution in [3.63, 3.8) is 0 Å². The van der Waals surface area contributed by atoms with Gasteiger partial charge in [-0.3, -0.25) is 4.68 Å². The summed E-state index contributed by atoms with van der Waals surface area (Å²) in [5.41, 5.74) is 4.25. The largest absolute Gasteiger partial charge is 0.312 e. The number of hydrogen-bond acceptors (Lipinski definition) is 2. The standard InChI is InChI=1S/C16H29N3/c1-7-14-11(2)18-19(12(14)3)15-9-8-13(15)10-17-16(4,5)6/h13,15,17H,7-10H2,1-6H3. The predicted octanol–water partition coefficient (Wildman–Crippen LogP) is 3.40. The Labute approximate surface area is 117 Å². The van der Waals surface area contributed by atoms with Gasteiger partial charge in [0, 0.05) is 17.8 Å². The van der Waals surface area contributed by atoms with Crippen LogP contribution < -0.4 is 5.32 Å². The molecule has 1 fully saturated rings. The van der Waals surface area contributed by atoms with Crippen molar-refractivity contribution < 1.29 is 0 Å². The minimum atomic E-state index is 0.212. The molecule has 0 radical (unpaired) electrons. The molecule has 108 valence electrons. The molecule has 1 aliphatic rings. The molecule has 0 aliphatic heterocycles. The predicted molar refractivity (Wildman–Crippen MR) is 80.6 cm³/mol. The van der Waals surface area contributed by atoms with E-state index in [2.05, 4.69) is 51.5 Å². The van der Waals surface area contributed by atoms with E-state index in [0.29, 0.717) is 6.04 Å². The number of hydrogen-bond donors (Lipinski definition) is 1. The van der Waals surface area contributed by atoms with Gasteiger partial charge >= 0.3 is 0 Å². The van der Waals surface area contributed by atoms with Crippen LogP contribution in [-0.4, -0.2) is 21.9 Å². The number of aryl methyl sites for hydroxylation is 1. The quantitative estimate of drug-likeness (QED) is 0.902. The highest BCUT2D eigenvalue weighted by Crippen LogP contribution is 2.39. The third-order valence-corrected chi connectivity index (χ3v) is 4.41. The fourth-order valence-corrected chi connectivity index (χ4v) is 3.08. The maximum Gasteiger partial charge on any atom is 0.0628 e. The fraction of sp³-hybridized carbons (Fsp3) is 0.812. The zero-order valence-corrected chi connectivity index (χ0v) is 13.4. The number of nitrogens with zero attached hydrogens (tertiary/aromatic N) is 2. The van der Waals surface area contributed by atoms with Gasteiger partial charge in [0.2, 0.25) is 0 Å². The first kappa shape index (κ1) is 14.6.